The number of nitrogens with zero attached hydrogens (tertiary/aromatic N) is 6. The van der Waals surface area contributed by atoms with E-state index in [9.17, 15) is 8.42 Å². The second kappa shape index (κ2) is 9.58. The average molecular weight is 529 g/mol. The van der Waals surface area contributed by atoms with Crippen LogP contribution in [0.5, 0.6) is 0 Å². The number of piperazine rings is 1. The summed E-state index contributed by atoms with van der Waals surface area (Å²) >= 11 is 12.6. The molecule has 1 saturated heterocycles. The van der Waals surface area contributed by atoms with E-state index in [4.69, 9.17) is 33.2 Å². The fourth-order valence-electron chi connectivity index (χ4n) is 4.00. The summed E-state index contributed by atoms with van der Waals surface area (Å²) in [5.41, 5.74) is 2.98. The first-order chi connectivity index (χ1) is 16.8. The lowest BCUT2D eigenvalue weighted by atomic mass is 10.0. The quantitative estimate of drug-likeness (QED) is 0.382. The number of aromatic nitrogens is 4. The van der Waals surface area contributed by atoms with E-state index in [1.54, 1.807) is 17.8 Å². The van der Waals surface area contributed by atoms with Crippen LogP contribution in [0, 0.1) is 0 Å². The molecule has 35 heavy (non-hydrogen) atoms. The van der Waals surface area contributed by atoms with Crippen LogP contribution in [-0.2, 0) is 17.1 Å². The second-order valence-electron chi connectivity index (χ2n) is 8.18. The van der Waals surface area contributed by atoms with E-state index < -0.39 is 10.0 Å². The predicted octanol–water partition coefficient (Wildman–Crippen LogP) is 4.36. The summed E-state index contributed by atoms with van der Waals surface area (Å²) in [6.07, 6.45) is 4.71. The van der Waals surface area contributed by atoms with Crippen LogP contribution in [0.4, 0.5) is 5.82 Å². The second-order valence-corrected chi connectivity index (χ2v) is 10.9. The summed E-state index contributed by atoms with van der Waals surface area (Å²) in [6, 6.07) is 14.9. The Balaban J connectivity index is 1.45. The normalized spacial score (nSPS) is 14.9. The van der Waals surface area contributed by atoms with E-state index in [0.717, 1.165) is 11.1 Å². The van der Waals surface area contributed by atoms with Gasteiger partial charge in [0.25, 0.3) is 10.0 Å². The first kappa shape index (κ1) is 23.7. The van der Waals surface area contributed by atoms with Crippen molar-refractivity contribution in [1.29, 1.82) is 0 Å². The molecule has 0 spiro atoms. The molecule has 0 N–H and O–H groups in total. The maximum Gasteiger partial charge on any atom is 0.262 e. The van der Waals surface area contributed by atoms with Crippen LogP contribution in [0.15, 0.2) is 72.3 Å². The molecule has 0 aliphatic carbocycles. The molecule has 8 nitrogen and oxygen atoms in total. The molecule has 1 fully saturated rings. The van der Waals surface area contributed by atoms with E-state index in [0.29, 0.717) is 53.4 Å². The number of hydrogen-bond donors (Lipinski definition) is 0. The van der Waals surface area contributed by atoms with Crippen LogP contribution in [0.2, 0.25) is 10.0 Å². The zero-order valence-electron chi connectivity index (χ0n) is 18.8. The van der Waals surface area contributed by atoms with E-state index >= 15 is 0 Å². The summed E-state index contributed by atoms with van der Waals surface area (Å²) in [5.74, 6) is 0.660. The first-order valence-corrected chi connectivity index (χ1v) is 13.1. The highest BCUT2D eigenvalue weighted by molar-refractivity contribution is 7.89. The molecule has 0 saturated carbocycles. The molecule has 1 aliphatic heterocycles. The third-order valence-electron chi connectivity index (χ3n) is 5.85. The molecule has 11 heteroatoms. The van der Waals surface area contributed by atoms with Gasteiger partial charge in [0.05, 0.1) is 23.2 Å². The van der Waals surface area contributed by atoms with Gasteiger partial charge < -0.3 is 9.47 Å². The van der Waals surface area contributed by atoms with Gasteiger partial charge >= 0.3 is 0 Å². The summed E-state index contributed by atoms with van der Waals surface area (Å²) in [5, 5.41) is 1.26. The average Bonchev–Trinajstić information content (AvgIpc) is 3.32. The summed E-state index contributed by atoms with van der Waals surface area (Å²) in [6.45, 7) is 1.59. The third kappa shape index (κ3) is 4.77. The Morgan fingerprint density at radius 3 is 2.26 bits per heavy atom. The van der Waals surface area contributed by atoms with E-state index in [1.807, 2.05) is 53.4 Å². The van der Waals surface area contributed by atoms with Crippen molar-refractivity contribution in [3.8, 4) is 22.5 Å². The highest BCUT2D eigenvalue weighted by Crippen LogP contribution is 2.35. The van der Waals surface area contributed by atoms with Gasteiger partial charge in [0.2, 0.25) is 0 Å². The monoisotopic (exact) mass is 528 g/mol. The molecule has 0 radical (unpaired) electrons. The first-order valence-electron chi connectivity index (χ1n) is 10.9. The van der Waals surface area contributed by atoms with Crippen LogP contribution in [-0.4, -0.2) is 58.4 Å². The molecule has 2 aromatic carbocycles. The van der Waals surface area contributed by atoms with Crippen LogP contribution in [0.3, 0.4) is 0 Å². The topological polar surface area (TPSA) is 84.2 Å². The molecular weight excluding hydrogens is 507 g/mol. The van der Waals surface area contributed by atoms with Crippen LogP contribution >= 0.6 is 23.2 Å². The van der Waals surface area contributed by atoms with Gasteiger partial charge in [0.15, 0.2) is 5.03 Å². The minimum atomic E-state index is -3.64. The van der Waals surface area contributed by atoms with Gasteiger partial charge in [-0.3, -0.25) is 4.98 Å². The molecule has 0 unspecified atom stereocenters. The molecule has 1 aliphatic rings. The van der Waals surface area contributed by atoms with E-state index in [1.165, 1.54) is 16.8 Å². The Hall–Kier alpha value is -2.98. The largest absolute Gasteiger partial charge is 0.353 e. The van der Waals surface area contributed by atoms with Gasteiger partial charge in [-0.05, 0) is 18.2 Å². The zero-order chi connectivity index (χ0) is 24.6. The van der Waals surface area contributed by atoms with Crippen molar-refractivity contribution in [1.82, 2.24) is 23.8 Å². The molecule has 2 aromatic heterocycles. The van der Waals surface area contributed by atoms with Gasteiger partial charge in [-0.15, -0.1) is 0 Å². The van der Waals surface area contributed by atoms with Gasteiger partial charge in [-0.1, -0.05) is 53.5 Å². The molecule has 0 atom stereocenters. The summed E-state index contributed by atoms with van der Waals surface area (Å²) in [4.78, 5) is 15.7. The van der Waals surface area contributed by atoms with Crippen molar-refractivity contribution in [3.63, 3.8) is 0 Å². The molecule has 4 aromatic rings. The maximum atomic E-state index is 12.9. The number of benzene rings is 2. The van der Waals surface area contributed by atoms with Crippen molar-refractivity contribution in [2.45, 2.75) is 5.03 Å². The van der Waals surface area contributed by atoms with Gasteiger partial charge in [-0.2, -0.15) is 4.31 Å². The fraction of sp³-hybridized carbons (Fsp3) is 0.208. The lowest BCUT2D eigenvalue weighted by Gasteiger charge is -2.34. The smallest absolute Gasteiger partial charge is 0.262 e. The van der Waals surface area contributed by atoms with Gasteiger partial charge in [0.1, 0.15) is 11.5 Å². The Kier molecular flexibility index (Phi) is 6.50. The Morgan fingerprint density at radius 2 is 1.60 bits per heavy atom. The van der Waals surface area contributed by atoms with Crippen LogP contribution < -0.4 is 4.90 Å². The molecule has 0 bridgehead atoms. The van der Waals surface area contributed by atoms with Crippen LogP contribution in [0.1, 0.15) is 0 Å². The van der Waals surface area contributed by atoms with E-state index in [-0.39, 0.29) is 5.03 Å². The van der Waals surface area contributed by atoms with Crippen LogP contribution in [0.25, 0.3) is 22.5 Å². The van der Waals surface area contributed by atoms with Gasteiger partial charge in [0, 0.05) is 55.6 Å². The number of sulfonamides is 1. The minimum absolute atomic E-state index is 0.0570. The Bertz CT molecular complexity index is 1470. The molecular formula is C24H22Cl2N6O2S. The predicted molar refractivity (Wildman–Crippen MR) is 137 cm³/mol. The zero-order valence-corrected chi connectivity index (χ0v) is 21.2. The number of imidazole rings is 1. The summed E-state index contributed by atoms with van der Waals surface area (Å²) < 4.78 is 28.9. The molecule has 3 heterocycles. The van der Waals surface area contributed by atoms with Crippen molar-refractivity contribution in [2.24, 2.45) is 7.05 Å². The van der Waals surface area contributed by atoms with Crippen molar-refractivity contribution in [3.05, 3.63) is 77.3 Å². The highest BCUT2D eigenvalue weighted by Gasteiger charge is 2.31. The van der Waals surface area contributed by atoms with Gasteiger partial charge in [-0.25, -0.2) is 18.4 Å². The SMILES string of the molecule is Cn1cnc(S(=O)(=O)N2CCN(c3cnc(-c4ccc(Cl)cc4)c(-c4ccccc4Cl)n3)CC2)c1. The molecule has 5 rings (SSSR count). The molecule has 0 amide bonds. The minimum Gasteiger partial charge on any atom is -0.353 e. The Labute approximate surface area is 213 Å². The van der Waals surface area contributed by atoms with Crippen molar-refractivity contribution < 1.29 is 8.42 Å². The number of rotatable bonds is 5. The number of anilines is 1. The van der Waals surface area contributed by atoms with E-state index in [2.05, 4.69) is 4.98 Å². The summed E-state index contributed by atoms with van der Waals surface area (Å²) in [7, 11) is -1.90. The van der Waals surface area contributed by atoms with Crippen molar-refractivity contribution >= 4 is 39.0 Å². The Morgan fingerprint density at radius 1 is 0.886 bits per heavy atom. The lowest BCUT2D eigenvalue weighted by molar-refractivity contribution is 0.382. The maximum absolute atomic E-state index is 12.9. The number of halogens is 2. The fourth-order valence-corrected chi connectivity index (χ4v) is 5.74. The molecule has 180 valence electrons. The third-order valence-corrected chi connectivity index (χ3v) is 8.22. The van der Waals surface area contributed by atoms with Crippen molar-refractivity contribution in [2.75, 3.05) is 31.1 Å². The number of aryl methyl sites for hydroxylation is 1. The lowest BCUT2D eigenvalue weighted by Crippen LogP contribution is -2.49. The highest BCUT2D eigenvalue weighted by atomic mass is 35.5. The standard InChI is InChI=1S/C24H22Cl2N6O2S/c1-30-15-22(28-16-30)35(33,34)32-12-10-31(11-13-32)21-14-27-23(17-6-8-18(25)9-7-17)24(29-21)19-4-2-3-5-20(19)26/h2-9,14-16H,10-13H2,1H3. The number of hydrogen-bond acceptors (Lipinski definition) is 6.